The molecule has 26 heavy (non-hydrogen) atoms. The molecular formula is C21H23FN2O2. The van der Waals surface area contributed by atoms with Crippen molar-refractivity contribution < 1.29 is 13.5 Å². The van der Waals surface area contributed by atoms with E-state index in [2.05, 4.69) is 23.7 Å². The molecule has 1 aromatic heterocycles. The van der Waals surface area contributed by atoms with Crippen molar-refractivity contribution in [1.29, 1.82) is 0 Å². The van der Waals surface area contributed by atoms with Gasteiger partial charge in [0, 0.05) is 18.2 Å². The van der Waals surface area contributed by atoms with Crippen LogP contribution in [0.4, 0.5) is 4.39 Å². The van der Waals surface area contributed by atoms with Crippen molar-refractivity contribution >= 4 is 0 Å². The summed E-state index contributed by atoms with van der Waals surface area (Å²) >= 11 is 0. The van der Waals surface area contributed by atoms with E-state index < -0.39 is 0 Å². The Morgan fingerprint density at radius 2 is 1.81 bits per heavy atom. The highest BCUT2D eigenvalue weighted by atomic mass is 19.1. The Morgan fingerprint density at radius 3 is 2.42 bits per heavy atom. The number of hydrogen-bond acceptors (Lipinski definition) is 4. The van der Waals surface area contributed by atoms with Crippen LogP contribution in [-0.2, 0) is 6.54 Å². The first-order chi connectivity index (χ1) is 12.6. The number of oxazole rings is 1. The minimum Gasteiger partial charge on any atom is -0.497 e. The van der Waals surface area contributed by atoms with Gasteiger partial charge in [-0.3, -0.25) is 4.90 Å². The molecule has 4 nitrogen and oxygen atoms in total. The third-order valence-electron chi connectivity index (χ3n) is 4.56. The summed E-state index contributed by atoms with van der Waals surface area (Å²) in [5, 5.41) is 0. The Hall–Kier alpha value is -2.66. The zero-order valence-corrected chi connectivity index (χ0v) is 15.3. The number of halogens is 1. The second-order valence-electron chi connectivity index (χ2n) is 6.16. The van der Waals surface area contributed by atoms with E-state index in [1.165, 1.54) is 12.1 Å². The van der Waals surface area contributed by atoms with Gasteiger partial charge in [0.15, 0.2) is 0 Å². The van der Waals surface area contributed by atoms with Gasteiger partial charge in [0.05, 0.1) is 12.8 Å². The lowest BCUT2D eigenvalue weighted by atomic mass is 10.1. The van der Waals surface area contributed by atoms with E-state index in [1.807, 2.05) is 36.4 Å². The van der Waals surface area contributed by atoms with Crippen molar-refractivity contribution in [2.75, 3.05) is 13.7 Å². The first-order valence-electron chi connectivity index (χ1n) is 8.69. The summed E-state index contributed by atoms with van der Waals surface area (Å²) < 4.78 is 24.0. The molecule has 0 aliphatic heterocycles. The molecule has 1 heterocycles. The molecule has 3 aromatic rings. The Bertz CT molecular complexity index is 828. The molecule has 0 aliphatic rings. The Kier molecular flexibility index (Phi) is 5.68. The van der Waals surface area contributed by atoms with Gasteiger partial charge >= 0.3 is 0 Å². The standard InChI is InChI=1S/C21H23FN2O2/c1-4-24(15(2)16-5-9-18(22)10-6-16)13-19-14-26-21(23-19)17-7-11-20(25-3)12-8-17/h5-12,14-15H,4,13H2,1-3H3. The number of hydrogen-bond donors (Lipinski definition) is 0. The Labute approximate surface area is 153 Å². The van der Waals surface area contributed by atoms with Gasteiger partial charge in [-0.05, 0) is 55.4 Å². The van der Waals surface area contributed by atoms with Crippen LogP contribution in [0.3, 0.4) is 0 Å². The van der Waals surface area contributed by atoms with Gasteiger partial charge in [-0.1, -0.05) is 19.1 Å². The summed E-state index contributed by atoms with van der Waals surface area (Å²) in [6.45, 7) is 5.73. The van der Waals surface area contributed by atoms with Crippen molar-refractivity contribution in [1.82, 2.24) is 9.88 Å². The number of benzene rings is 2. The normalized spacial score (nSPS) is 12.3. The molecule has 0 amide bonds. The van der Waals surface area contributed by atoms with Crippen molar-refractivity contribution in [3.63, 3.8) is 0 Å². The quantitative estimate of drug-likeness (QED) is 0.593. The maximum Gasteiger partial charge on any atom is 0.226 e. The SMILES string of the molecule is CCN(Cc1coc(-c2ccc(OC)cc2)n1)C(C)c1ccc(F)cc1. The maximum atomic E-state index is 13.1. The summed E-state index contributed by atoms with van der Waals surface area (Å²) in [4.78, 5) is 6.87. The van der Waals surface area contributed by atoms with Crippen LogP contribution in [0.25, 0.3) is 11.5 Å². The van der Waals surface area contributed by atoms with Crippen molar-refractivity contribution in [2.24, 2.45) is 0 Å². The van der Waals surface area contributed by atoms with Gasteiger partial charge in [-0.2, -0.15) is 0 Å². The van der Waals surface area contributed by atoms with E-state index in [0.29, 0.717) is 12.4 Å². The third kappa shape index (κ3) is 4.11. The molecule has 0 saturated heterocycles. The monoisotopic (exact) mass is 354 g/mol. The number of rotatable bonds is 7. The highest BCUT2D eigenvalue weighted by molar-refractivity contribution is 5.54. The minimum absolute atomic E-state index is 0.154. The Balaban J connectivity index is 1.72. The molecule has 0 fully saturated rings. The van der Waals surface area contributed by atoms with Crippen molar-refractivity contribution in [3.05, 3.63) is 71.9 Å². The summed E-state index contributed by atoms with van der Waals surface area (Å²) in [6.07, 6.45) is 1.69. The van der Waals surface area contributed by atoms with Crippen molar-refractivity contribution in [2.45, 2.75) is 26.4 Å². The Morgan fingerprint density at radius 1 is 1.12 bits per heavy atom. The summed E-state index contributed by atoms with van der Waals surface area (Å²) in [5.74, 6) is 1.17. The molecule has 0 radical (unpaired) electrons. The van der Waals surface area contributed by atoms with E-state index >= 15 is 0 Å². The molecule has 0 aliphatic carbocycles. The molecule has 5 heteroatoms. The first-order valence-corrected chi connectivity index (χ1v) is 8.69. The second-order valence-corrected chi connectivity index (χ2v) is 6.16. The molecule has 1 unspecified atom stereocenters. The molecule has 3 rings (SSSR count). The smallest absolute Gasteiger partial charge is 0.226 e. The highest BCUT2D eigenvalue weighted by Gasteiger charge is 2.17. The fourth-order valence-corrected chi connectivity index (χ4v) is 2.93. The second kappa shape index (κ2) is 8.15. The lowest BCUT2D eigenvalue weighted by Gasteiger charge is -2.27. The molecule has 0 saturated carbocycles. The van der Waals surface area contributed by atoms with Crippen LogP contribution in [0.1, 0.15) is 31.1 Å². The molecule has 136 valence electrons. The fraction of sp³-hybridized carbons (Fsp3) is 0.286. The molecule has 0 spiro atoms. The van der Waals surface area contributed by atoms with Gasteiger partial charge in [0.25, 0.3) is 0 Å². The minimum atomic E-state index is -0.218. The van der Waals surface area contributed by atoms with Crippen LogP contribution in [0.15, 0.2) is 59.2 Å². The lowest BCUT2D eigenvalue weighted by molar-refractivity contribution is 0.210. The zero-order chi connectivity index (χ0) is 18.5. The maximum absolute atomic E-state index is 13.1. The van der Waals surface area contributed by atoms with Gasteiger partial charge in [-0.25, -0.2) is 9.37 Å². The number of methoxy groups -OCH3 is 1. The van der Waals surface area contributed by atoms with E-state index in [1.54, 1.807) is 13.4 Å². The van der Waals surface area contributed by atoms with Gasteiger partial charge in [0.1, 0.15) is 17.8 Å². The van der Waals surface area contributed by atoms with Gasteiger partial charge in [-0.15, -0.1) is 0 Å². The topological polar surface area (TPSA) is 38.5 Å². The number of aromatic nitrogens is 1. The van der Waals surface area contributed by atoms with Crippen molar-refractivity contribution in [3.8, 4) is 17.2 Å². The molecule has 1 atom stereocenters. The van der Waals surface area contributed by atoms with E-state index in [4.69, 9.17) is 9.15 Å². The average molecular weight is 354 g/mol. The summed E-state index contributed by atoms with van der Waals surface area (Å²) in [7, 11) is 1.64. The van der Waals surface area contributed by atoms with Crippen LogP contribution in [0.5, 0.6) is 5.75 Å². The summed E-state index contributed by atoms with van der Waals surface area (Å²) in [5.41, 5.74) is 2.85. The van der Waals surface area contributed by atoms with Crippen LogP contribution in [0, 0.1) is 5.82 Å². The van der Waals surface area contributed by atoms with Crippen LogP contribution in [-0.4, -0.2) is 23.5 Å². The van der Waals surface area contributed by atoms with Crippen LogP contribution < -0.4 is 4.74 Å². The third-order valence-corrected chi connectivity index (χ3v) is 4.56. The molecule has 2 aromatic carbocycles. The predicted molar refractivity (Wildman–Crippen MR) is 99.4 cm³/mol. The molecular weight excluding hydrogens is 331 g/mol. The zero-order valence-electron chi connectivity index (χ0n) is 15.3. The first kappa shape index (κ1) is 18.1. The van der Waals surface area contributed by atoms with Crippen LogP contribution in [0.2, 0.25) is 0 Å². The lowest BCUT2D eigenvalue weighted by Crippen LogP contribution is -2.26. The summed E-state index contributed by atoms with van der Waals surface area (Å²) in [6, 6.07) is 14.4. The van der Waals surface area contributed by atoms with Gasteiger partial charge < -0.3 is 9.15 Å². The highest BCUT2D eigenvalue weighted by Crippen LogP contribution is 2.25. The predicted octanol–water partition coefficient (Wildman–Crippen LogP) is 5.07. The fourth-order valence-electron chi connectivity index (χ4n) is 2.93. The largest absolute Gasteiger partial charge is 0.497 e. The molecule has 0 N–H and O–H groups in total. The van der Waals surface area contributed by atoms with E-state index in [-0.39, 0.29) is 11.9 Å². The average Bonchev–Trinajstić information content (AvgIpc) is 3.15. The molecule has 0 bridgehead atoms. The van der Waals surface area contributed by atoms with Gasteiger partial charge in [0.2, 0.25) is 5.89 Å². The number of ether oxygens (including phenoxy) is 1. The van der Waals surface area contributed by atoms with E-state index in [0.717, 1.165) is 29.1 Å². The van der Waals surface area contributed by atoms with Crippen LogP contribution >= 0.6 is 0 Å². The van der Waals surface area contributed by atoms with E-state index in [9.17, 15) is 4.39 Å². The number of nitrogens with zero attached hydrogens (tertiary/aromatic N) is 2.